The van der Waals surface area contributed by atoms with Crippen LogP contribution in [0, 0.1) is 0 Å². The number of hydrogen-bond acceptors (Lipinski definition) is 2. The average Bonchev–Trinajstić information content (AvgIpc) is 2.05. The minimum absolute atomic E-state index is 0.0787. The molecule has 2 nitrogen and oxygen atoms in total. The molecule has 0 fully saturated rings. The van der Waals surface area contributed by atoms with Crippen molar-refractivity contribution in [3.05, 3.63) is 24.5 Å². The van der Waals surface area contributed by atoms with E-state index in [4.69, 9.17) is 10.5 Å². The minimum Gasteiger partial charge on any atom is -0.492 e. The molecule has 2 atom stereocenters. The average molecular weight is 139 g/mol. The highest BCUT2D eigenvalue weighted by molar-refractivity contribution is 5.09. The third-order valence-corrected chi connectivity index (χ3v) is 1.62. The van der Waals surface area contributed by atoms with Crippen LogP contribution in [0.15, 0.2) is 24.5 Å². The topological polar surface area (TPSA) is 35.2 Å². The van der Waals surface area contributed by atoms with Gasteiger partial charge in [-0.3, -0.25) is 0 Å². The molecule has 0 aromatic heterocycles. The Kier molecular flexibility index (Phi) is 2.51. The fourth-order valence-corrected chi connectivity index (χ4v) is 0.876. The Morgan fingerprint density at radius 3 is 2.90 bits per heavy atom. The summed E-state index contributed by atoms with van der Waals surface area (Å²) in [7, 11) is 0. The van der Waals surface area contributed by atoms with Gasteiger partial charge in [-0.2, -0.15) is 0 Å². The number of ether oxygens (including phenoxy) is 1. The van der Waals surface area contributed by atoms with E-state index < -0.39 is 0 Å². The summed E-state index contributed by atoms with van der Waals surface area (Å²) in [4.78, 5) is 0. The minimum atomic E-state index is 0.0787. The van der Waals surface area contributed by atoms with Crippen molar-refractivity contribution in [1.82, 2.24) is 0 Å². The van der Waals surface area contributed by atoms with Crippen molar-refractivity contribution >= 4 is 0 Å². The van der Waals surface area contributed by atoms with E-state index in [1.807, 2.05) is 18.2 Å². The molecule has 1 aliphatic rings. The molecule has 0 radical (unpaired) electrons. The van der Waals surface area contributed by atoms with Gasteiger partial charge in [-0.05, 0) is 18.6 Å². The first kappa shape index (κ1) is 7.35. The van der Waals surface area contributed by atoms with Gasteiger partial charge in [-0.1, -0.05) is 13.0 Å². The highest BCUT2D eigenvalue weighted by Gasteiger charge is 2.13. The van der Waals surface area contributed by atoms with Crippen LogP contribution in [0.3, 0.4) is 0 Å². The summed E-state index contributed by atoms with van der Waals surface area (Å²) in [5.41, 5.74) is 5.74. The molecule has 0 aromatic carbocycles. The third kappa shape index (κ3) is 1.61. The van der Waals surface area contributed by atoms with Crippen LogP contribution in [0.2, 0.25) is 0 Å². The molecule has 0 amide bonds. The van der Waals surface area contributed by atoms with Crippen LogP contribution in [0.5, 0.6) is 0 Å². The Hall–Kier alpha value is -0.760. The van der Waals surface area contributed by atoms with Gasteiger partial charge in [-0.15, -0.1) is 0 Å². The summed E-state index contributed by atoms with van der Waals surface area (Å²) in [5, 5.41) is 0. The molecule has 1 heterocycles. The van der Waals surface area contributed by atoms with E-state index in [-0.39, 0.29) is 12.1 Å². The molecule has 2 N–H and O–H groups in total. The maximum absolute atomic E-state index is 5.74. The largest absolute Gasteiger partial charge is 0.492 e. The van der Waals surface area contributed by atoms with E-state index in [0.717, 1.165) is 6.42 Å². The molecule has 0 aliphatic carbocycles. The molecule has 0 bridgehead atoms. The normalized spacial score (nSPS) is 26.0. The first-order valence-electron chi connectivity index (χ1n) is 3.59. The second-order valence-corrected chi connectivity index (χ2v) is 2.39. The number of nitrogens with two attached hydrogens (primary N) is 1. The zero-order valence-electron chi connectivity index (χ0n) is 6.16. The van der Waals surface area contributed by atoms with E-state index in [2.05, 4.69) is 6.92 Å². The van der Waals surface area contributed by atoms with Crippen molar-refractivity contribution in [3.8, 4) is 0 Å². The Labute approximate surface area is 61.4 Å². The van der Waals surface area contributed by atoms with Crippen LogP contribution in [0.1, 0.15) is 13.3 Å². The molecule has 10 heavy (non-hydrogen) atoms. The van der Waals surface area contributed by atoms with Crippen molar-refractivity contribution in [1.29, 1.82) is 0 Å². The molecule has 56 valence electrons. The molecule has 1 aliphatic heterocycles. The molecule has 2 unspecified atom stereocenters. The van der Waals surface area contributed by atoms with Crippen LogP contribution < -0.4 is 5.73 Å². The van der Waals surface area contributed by atoms with Crippen LogP contribution in [0.25, 0.3) is 0 Å². The van der Waals surface area contributed by atoms with Crippen molar-refractivity contribution in [2.45, 2.75) is 25.5 Å². The smallest absolute Gasteiger partial charge is 0.131 e. The van der Waals surface area contributed by atoms with Crippen molar-refractivity contribution < 1.29 is 4.74 Å². The molecule has 0 saturated carbocycles. The summed E-state index contributed by atoms with van der Waals surface area (Å²) in [5.74, 6) is 0. The van der Waals surface area contributed by atoms with Crippen molar-refractivity contribution in [2.75, 3.05) is 0 Å². The fourth-order valence-electron chi connectivity index (χ4n) is 0.876. The van der Waals surface area contributed by atoms with E-state index in [1.54, 1.807) is 6.26 Å². The van der Waals surface area contributed by atoms with Gasteiger partial charge in [-0.25, -0.2) is 0 Å². The van der Waals surface area contributed by atoms with E-state index in [9.17, 15) is 0 Å². The molecule has 0 spiro atoms. The lowest BCUT2D eigenvalue weighted by molar-refractivity contribution is 0.154. The van der Waals surface area contributed by atoms with E-state index in [0.29, 0.717) is 0 Å². The molecule has 2 heteroatoms. The number of allylic oxidation sites excluding steroid dienone is 2. The lowest BCUT2D eigenvalue weighted by Gasteiger charge is -2.20. The lowest BCUT2D eigenvalue weighted by atomic mass is 10.1. The molecule has 0 saturated heterocycles. The van der Waals surface area contributed by atoms with Gasteiger partial charge in [0.15, 0.2) is 0 Å². The predicted octanol–water partition coefficient (Wildman–Crippen LogP) is 1.19. The predicted molar refractivity (Wildman–Crippen MR) is 41.4 cm³/mol. The van der Waals surface area contributed by atoms with Crippen LogP contribution in [-0.2, 0) is 4.74 Å². The van der Waals surface area contributed by atoms with Crippen LogP contribution >= 0.6 is 0 Å². The monoisotopic (exact) mass is 139 g/mol. The fraction of sp³-hybridized carbons (Fsp3) is 0.500. The van der Waals surface area contributed by atoms with Gasteiger partial charge < -0.3 is 10.5 Å². The first-order chi connectivity index (χ1) is 4.84. The summed E-state index contributed by atoms with van der Waals surface area (Å²) < 4.78 is 5.24. The standard InChI is InChI=1S/C8H13NO/c1-2-7(9)8-5-3-4-6-10-8/h3-8H,2,9H2,1H3. The quantitative estimate of drug-likeness (QED) is 0.623. The Bertz CT molecular complexity index is 151. The van der Waals surface area contributed by atoms with Crippen LogP contribution in [-0.4, -0.2) is 12.1 Å². The van der Waals surface area contributed by atoms with Gasteiger partial charge in [0.1, 0.15) is 6.10 Å². The van der Waals surface area contributed by atoms with E-state index in [1.165, 1.54) is 0 Å². The Morgan fingerprint density at radius 2 is 2.40 bits per heavy atom. The maximum atomic E-state index is 5.74. The second kappa shape index (κ2) is 3.42. The van der Waals surface area contributed by atoms with E-state index >= 15 is 0 Å². The Balaban J connectivity index is 2.42. The molecular weight excluding hydrogens is 126 g/mol. The summed E-state index contributed by atoms with van der Waals surface area (Å²) in [6.45, 7) is 2.06. The highest BCUT2D eigenvalue weighted by atomic mass is 16.5. The SMILES string of the molecule is CCC(N)C1C=CC=CO1. The zero-order chi connectivity index (χ0) is 7.40. The summed E-state index contributed by atoms with van der Waals surface area (Å²) in [6.07, 6.45) is 8.51. The van der Waals surface area contributed by atoms with Gasteiger partial charge in [0.2, 0.25) is 0 Å². The maximum Gasteiger partial charge on any atom is 0.131 e. The van der Waals surface area contributed by atoms with Gasteiger partial charge in [0.05, 0.1) is 6.26 Å². The van der Waals surface area contributed by atoms with Gasteiger partial charge in [0, 0.05) is 6.04 Å². The van der Waals surface area contributed by atoms with Crippen LogP contribution in [0.4, 0.5) is 0 Å². The Morgan fingerprint density at radius 1 is 1.60 bits per heavy atom. The van der Waals surface area contributed by atoms with Gasteiger partial charge in [0.25, 0.3) is 0 Å². The summed E-state index contributed by atoms with van der Waals surface area (Å²) >= 11 is 0. The molecular formula is C8H13NO. The van der Waals surface area contributed by atoms with Gasteiger partial charge >= 0.3 is 0 Å². The number of hydrogen-bond donors (Lipinski definition) is 1. The summed E-state index contributed by atoms with van der Waals surface area (Å²) in [6, 6.07) is 0.126. The highest BCUT2D eigenvalue weighted by Crippen LogP contribution is 2.07. The second-order valence-electron chi connectivity index (χ2n) is 2.39. The zero-order valence-corrected chi connectivity index (χ0v) is 6.16. The van der Waals surface area contributed by atoms with Crippen molar-refractivity contribution in [2.24, 2.45) is 5.73 Å². The first-order valence-corrected chi connectivity index (χ1v) is 3.59. The third-order valence-electron chi connectivity index (χ3n) is 1.62. The molecule has 0 aromatic rings. The lowest BCUT2D eigenvalue weighted by Crippen LogP contribution is -2.34. The number of rotatable bonds is 2. The van der Waals surface area contributed by atoms with Crippen molar-refractivity contribution in [3.63, 3.8) is 0 Å². The molecule has 1 rings (SSSR count).